The van der Waals surface area contributed by atoms with E-state index in [0.717, 1.165) is 6.26 Å². The summed E-state index contributed by atoms with van der Waals surface area (Å²) in [5, 5.41) is 8.81. The summed E-state index contributed by atoms with van der Waals surface area (Å²) < 4.78 is 17.7. The van der Waals surface area contributed by atoms with Crippen molar-refractivity contribution in [2.24, 2.45) is 0 Å². The van der Waals surface area contributed by atoms with Crippen LogP contribution < -0.4 is 0 Å². The lowest BCUT2D eigenvalue weighted by Crippen LogP contribution is -1.47. The van der Waals surface area contributed by atoms with E-state index in [1.807, 2.05) is 0 Å². The van der Waals surface area contributed by atoms with E-state index < -0.39 is 11.2 Å². The maximum absolute atomic E-state index is 11.5. The fraction of sp³-hybridized carbons (Fsp3) is 0.500. The molecule has 3 heteroatoms. The van der Waals surface area contributed by atoms with Gasteiger partial charge in [-0.15, -0.1) is 0 Å². The highest BCUT2D eigenvalue weighted by atomic mass is 32.2. The van der Waals surface area contributed by atoms with Gasteiger partial charge in [-0.05, 0) is 11.2 Å². The van der Waals surface area contributed by atoms with Gasteiger partial charge in [0.25, 0.3) is 0 Å². The quantitative estimate of drug-likeness (QED) is 0.351. The average Bonchev–Trinajstić information content (AvgIpc) is 1.35. The first kappa shape index (κ1) is 2.98. The van der Waals surface area contributed by atoms with Gasteiger partial charge in [0.05, 0.1) is 0 Å². The summed E-state index contributed by atoms with van der Waals surface area (Å²) in [6.07, 6.45) is 0.965. The highest BCUT2D eigenvalue weighted by Crippen LogP contribution is 2.15. The molecule has 0 aromatic heterocycles. The van der Waals surface area contributed by atoms with Gasteiger partial charge in [0.2, 0.25) is 0 Å². The van der Waals surface area contributed by atoms with Crippen molar-refractivity contribution in [2.75, 3.05) is 6.26 Å². The molecular formula is C2H4FNS. The molecule has 0 spiro atoms. The number of thiocyanates is 1. The van der Waals surface area contributed by atoms with Gasteiger partial charge in [-0.3, -0.25) is 0 Å². The molecule has 0 aliphatic carbocycles. The number of hydrogen-bond acceptors (Lipinski definition) is 1. The highest BCUT2D eigenvalue weighted by molar-refractivity contribution is 8.16. The molecule has 5 heavy (non-hydrogen) atoms. The number of halogens is 1. The van der Waals surface area contributed by atoms with E-state index in [-0.39, 0.29) is 0 Å². The van der Waals surface area contributed by atoms with Crippen LogP contribution in [0.1, 0.15) is 0 Å². The minimum Gasteiger partial charge on any atom is -0.185 e. The lowest BCUT2D eigenvalue weighted by Gasteiger charge is -1.78. The van der Waals surface area contributed by atoms with E-state index >= 15 is 0 Å². The summed E-state index contributed by atoms with van der Waals surface area (Å²) in [6, 6.07) is 0. The number of nitrogens with zero attached hydrogens (tertiary/aromatic N) is 1. The van der Waals surface area contributed by atoms with Crippen LogP contribution in [0, 0.1) is 10.7 Å². The van der Waals surface area contributed by atoms with Gasteiger partial charge in [-0.2, -0.15) is 9.15 Å². The number of nitriles is 1. The van der Waals surface area contributed by atoms with Crippen LogP contribution in [0.2, 0.25) is 0 Å². The Morgan fingerprint density at radius 3 is 2.60 bits per heavy atom. The predicted octanol–water partition coefficient (Wildman–Crippen LogP) is 0.983. The van der Waals surface area contributed by atoms with E-state index in [2.05, 4.69) is 0 Å². The topological polar surface area (TPSA) is 23.8 Å². The van der Waals surface area contributed by atoms with Crippen molar-refractivity contribution in [3.63, 3.8) is 0 Å². The van der Waals surface area contributed by atoms with Crippen LogP contribution >= 0.6 is 11.2 Å². The van der Waals surface area contributed by atoms with Crippen molar-refractivity contribution < 1.29 is 3.89 Å². The maximum atomic E-state index is 11.5. The van der Waals surface area contributed by atoms with Gasteiger partial charge in [-0.25, -0.2) is 0 Å². The number of rotatable bonds is 0. The van der Waals surface area contributed by atoms with Gasteiger partial charge < -0.3 is 0 Å². The van der Waals surface area contributed by atoms with Gasteiger partial charge in [0.1, 0.15) is 6.53 Å². The van der Waals surface area contributed by atoms with Crippen LogP contribution in [0.25, 0.3) is 0 Å². The molecule has 0 saturated heterocycles. The Bertz CT molecular complexity index is 80.5. The first-order valence-electron chi connectivity index (χ1n) is 1.40. The Balaban J connectivity index is 3.55. The lowest BCUT2D eigenvalue weighted by atomic mass is 11.8. The molecule has 0 aliphatic rings. The van der Waals surface area contributed by atoms with Crippen LogP contribution in [0.15, 0.2) is 0 Å². The third kappa shape index (κ3) is 3.77. The van der Waals surface area contributed by atoms with Crippen molar-refractivity contribution in [2.45, 2.75) is 0 Å². The lowest BCUT2D eigenvalue weighted by molar-refractivity contribution is 0.933. The Kier molecular flexibility index (Phi) is 1.21. The Hall–Kier alpha value is -0.230. The Morgan fingerprint density at radius 2 is 2.60 bits per heavy atom. The van der Waals surface area contributed by atoms with Gasteiger partial charge in [0.15, 0.2) is 0 Å². The molecule has 0 amide bonds. The zero-order valence-corrected chi connectivity index (χ0v) is 3.55. The van der Waals surface area contributed by atoms with Gasteiger partial charge >= 0.3 is 0 Å². The van der Waals surface area contributed by atoms with Crippen molar-refractivity contribution in [1.29, 1.82) is 6.39 Å². The molecule has 0 saturated carbocycles. The monoisotopic (exact) mass is 94.0 g/mol. The number of thiol groups is 1. The second kappa shape index (κ2) is 2.04. The van der Waals surface area contributed by atoms with E-state index in [1.165, 1.54) is 5.40 Å². The van der Waals surface area contributed by atoms with Crippen LogP contribution in [-0.2, 0) is 0 Å². The van der Waals surface area contributed by atoms with Crippen LogP contribution in [-0.4, -0.2) is 7.38 Å². The number of hydrogen-bond donors (Lipinski definition) is 1. The molecule has 30 valence electrons. The van der Waals surface area contributed by atoms with Crippen molar-refractivity contribution in [3.8, 4) is 5.40 Å². The standard InChI is InChI=1S/C2H4FNS/c1-5(3)2-4/h5H,1H3/i5D. The van der Waals surface area contributed by atoms with Crippen LogP contribution in [0.4, 0.5) is 3.89 Å². The Morgan fingerprint density at radius 1 is 2.40 bits per heavy atom. The summed E-state index contributed by atoms with van der Waals surface area (Å²) in [5.41, 5.74) is 0. The molecule has 0 aromatic carbocycles. The SMILES string of the molecule is [2H]S(C)(F)C#N. The first-order chi connectivity index (χ1) is 2.56. The first-order valence-corrected chi connectivity index (χ1v) is 2.52. The molecule has 0 heterocycles. The molecule has 0 aromatic rings. The highest BCUT2D eigenvalue weighted by Gasteiger charge is 1.76. The third-order valence-electron chi connectivity index (χ3n) is 0.126. The van der Waals surface area contributed by atoms with Crippen molar-refractivity contribution in [3.05, 3.63) is 0 Å². The van der Waals surface area contributed by atoms with Crippen molar-refractivity contribution in [1.82, 2.24) is 0 Å². The molecule has 0 bridgehead atoms. The van der Waals surface area contributed by atoms with E-state index in [4.69, 9.17) is 6.39 Å². The predicted molar refractivity (Wildman–Crippen MR) is 21.6 cm³/mol. The molecule has 1 nitrogen and oxygen atoms in total. The molecule has 1 atom stereocenters. The van der Waals surface area contributed by atoms with Gasteiger partial charge in [0, 0.05) is 6.26 Å². The zero-order valence-electron chi connectivity index (χ0n) is 3.73. The summed E-state index contributed by atoms with van der Waals surface area (Å²) in [5.74, 6) is 0. The van der Waals surface area contributed by atoms with Crippen molar-refractivity contribution >= 4 is 11.2 Å². The smallest absolute Gasteiger partial charge is 0.139 e. The molecule has 0 fully saturated rings. The van der Waals surface area contributed by atoms with Crippen LogP contribution in [0.3, 0.4) is 0 Å². The summed E-state index contributed by atoms with van der Waals surface area (Å²) in [4.78, 5) is 0. The second-order valence-corrected chi connectivity index (χ2v) is 1.58. The molecule has 0 aliphatic heterocycles. The summed E-state index contributed by atoms with van der Waals surface area (Å²) >= 11 is -3.11. The van der Waals surface area contributed by atoms with E-state index in [0.29, 0.717) is 0 Å². The van der Waals surface area contributed by atoms with Crippen LogP contribution in [0.5, 0.6) is 0 Å². The van der Waals surface area contributed by atoms with E-state index in [1.54, 1.807) is 0 Å². The fourth-order valence-electron chi connectivity index (χ4n) is 0. The minimum atomic E-state index is -3.11. The summed E-state index contributed by atoms with van der Waals surface area (Å²) in [6.45, 7) is 0. The molecule has 1 unspecified atom stereocenters. The van der Waals surface area contributed by atoms with Gasteiger partial charge in [-0.1, -0.05) is 0 Å². The zero-order chi connectivity index (χ0) is 5.21. The summed E-state index contributed by atoms with van der Waals surface area (Å²) in [7, 11) is 0. The largest absolute Gasteiger partial charge is 0.185 e. The second-order valence-electron chi connectivity index (χ2n) is 0.527. The fourth-order valence-corrected chi connectivity index (χ4v) is 0. The molecule has 0 N–H and O–H groups in total. The Labute approximate surface area is 34.1 Å². The molecule has 0 radical (unpaired) electrons. The molecule has 0 rings (SSSR count). The minimum absolute atomic E-state index is 0.965. The maximum Gasteiger partial charge on any atom is 0.139 e. The average molecular weight is 94.1 g/mol. The van der Waals surface area contributed by atoms with E-state index in [9.17, 15) is 3.89 Å². The molecular weight excluding hydrogens is 89.1 g/mol. The normalized spacial score (nSPS) is 28.6. The third-order valence-corrected chi connectivity index (χ3v) is 0.377.